The van der Waals surface area contributed by atoms with Crippen LogP contribution in [0.15, 0.2) is 78.3 Å². The van der Waals surface area contributed by atoms with Crippen molar-refractivity contribution in [2.75, 3.05) is 5.32 Å². The number of nitrogens with one attached hydrogen (secondary N) is 1. The zero-order chi connectivity index (χ0) is 22.2. The van der Waals surface area contributed by atoms with Crippen molar-refractivity contribution in [2.45, 2.75) is 25.9 Å². The number of hydrogen-bond donors (Lipinski definition) is 2. The SMILES string of the molecule is Cl.O=C(O)CCc1csc(Nc2ncc(Cc3ccccc3)cc2OCc2ccccc2)n1. The van der Waals surface area contributed by atoms with Crippen LogP contribution in [-0.2, 0) is 24.2 Å². The number of carboxylic acids is 1. The van der Waals surface area contributed by atoms with Crippen LogP contribution in [0.1, 0.15) is 28.8 Å². The van der Waals surface area contributed by atoms with E-state index in [1.807, 2.05) is 66.2 Å². The number of carboxylic acid groups (broad SMARTS) is 1. The van der Waals surface area contributed by atoms with Gasteiger partial charge in [-0.25, -0.2) is 9.97 Å². The largest absolute Gasteiger partial charge is 0.485 e. The minimum absolute atomic E-state index is 0. The van der Waals surface area contributed by atoms with E-state index in [1.165, 1.54) is 16.9 Å². The molecule has 0 radical (unpaired) electrons. The fourth-order valence-electron chi connectivity index (χ4n) is 3.17. The van der Waals surface area contributed by atoms with Gasteiger partial charge in [0, 0.05) is 18.0 Å². The summed E-state index contributed by atoms with van der Waals surface area (Å²) in [5, 5.41) is 14.6. The quantitative estimate of drug-likeness (QED) is 0.294. The van der Waals surface area contributed by atoms with Crippen LogP contribution in [0.25, 0.3) is 0 Å². The van der Waals surface area contributed by atoms with Crippen LogP contribution in [-0.4, -0.2) is 21.0 Å². The minimum atomic E-state index is -0.834. The van der Waals surface area contributed by atoms with Gasteiger partial charge in [0.25, 0.3) is 0 Å². The number of pyridine rings is 1. The number of halogens is 1. The monoisotopic (exact) mass is 481 g/mol. The van der Waals surface area contributed by atoms with Gasteiger partial charge in [0.2, 0.25) is 0 Å². The number of thiazole rings is 1. The summed E-state index contributed by atoms with van der Waals surface area (Å²) < 4.78 is 6.13. The first-order valence-electron chi connectivity index (χ1n) is 10.3. The van der Waals surface area contributed by atoms with Gasteiger partial charge in [-0.3, -0.25) is 4.79 Å². The molecule has 0 fully saturated rings. The third kappa shape index (κ3) is 7.30. The molecule has 8 heteroatoms. The molecule has 2 N–H and O–H groups in total. The van der Waals surface area contributed by atoms with E-state index in [4.69, 9.17) is 9.84 Å². The second kappa shape index (κ2) is 12.0. The van der Waals surface area contributed by atoms with E-state index in [-0.39, 0.29) is 18.8 Å². The van der Waals surface area contributed by atoms with Crippen molar-refractivity contribution in [3.05, 3.63) is 101 Å². The maximum Gasteiger partial charge on any atom is 0.303 e. The Morgan fingerprint density at radius 1 is 1.00 bits per heavy atom. The first-order valence-corrected chi connectivity index (χ1v) is 11.2. The van der Waals surface area contributed by atoms with Gasteiger partial charge in [-0.05, 0) is 29.2 Å². The van der Waals surface area contributed by atoms with Crippen LogP contribution < -0.4 is 10.1 Å². The van der Waals surface area contributed by atoms with Crippen molar-refractivity contribution in [1.82, 2.24) is 9.97 Å². The number of carbonyl (C=O) groups is 1. The molecule has 0 spiro atoms. The highest BCUT2D eigenvalue weighted by Gasteiger charge is 2.12. The molecule has 2 aromatic carbocycles. The molecule has 0 aliphatic heterocycles. The van der Waals surface area contributed by atoms with Crippen molar-refractivity contribution in [2.24, 2.45) is 0 Å². The third-order valence-corrected chi connectivity index (χ3v) is 5.58. The van der Waals surface area contributed by atoms with Crippen molar-refractivity contribution in [1.29, 1.82) is 0 Å². The molecular formula is C25H24ClN3O3S. The Kier molecular flexibility index (Phi) is 8.80. The second-order valence-corrected chi connectivity index (χ2v) is 8.15. The number of anilines is 2. The summed E-state index contributed by atoms with van der Waals surface area (Å²) in [4.78, 5) is 19.9. The second-order valence-electron chi connectivity index (χ2n) is 7.29. The van der Waals surface area contributed by atoms with Crippen LogP contribution in [0.4, 0.5) is 10.9 Å². The van der Waals surface area contributed by atoms with Crippen molar-refractivity contribution in [3.8, 4) is 5.75 Å². The van der Waals surface area contributed by atoms with Crippen LogP contribution in [0, 0.1) is 0 Å². The molecular weight excluding hydrogens is 458 g/mol. The summed E-state index contributed by atoms with van der Waals surface area (Å²) >= 11 is 1.42. The highest BCUT2D eigenvalue weighted by Crippen LogP contribution is 2.30. The van der Waals surface area contributed by atoms with Crippen LogP contribution in [0.2, 0.25) is 0 Å². The summed E-state index contributed by atoms with van der Waals surface area (Å²) in [7, 11) is 0. The predicted molar refractivity (Wildman–Crippen MR) is 133 cm³/mol. The highest BCUT2D eigenvalue weighted by atomic mass is 35.5. The van der Waals surface area contributed by atoms with Gasteiger partial charge < -0.3 is 15.2 Å². The lowest BCUT2D eigenvalue weighted by atomic mass is 10.1. The van der Waals surface area contributed by atoms with E-state index in [1.54, 1.807) is 0 Å². The molecule has 4 rings (SSSR count). The van der Waals surface area contributed by atoms with E-state index in [2.05, 4.69) is 27.4 Å². The van der Waals surface area contributed by atoms with E-state index in [0.29, 0.717) is 29.7 Å². The normalized spacial score (nSPS) is 10.3. The highest BCUT2D eigenvalue weighted by molar-refractivity contribution is 7.13. The number of nitrogens with zero attached hydrogens (tertiary/aromatic N) is 2. The Labute approximate surface area is 202 Å². The molecule has 0 bridgehead atoms. The Balaban J connectivity index is 0.00000306. The molecule has 2 aromatic heterocycles. The number of benzene rings is 2. The van der Waals surface area contributed by atoms with Gasteiger partial charge in [-0.1, -0.05) is 60.7 Å². The molecule has 33 heavy (non-hydrogen) atoms. The van der Waals surface area contributed by atoms with Gasteiger partial charge >= 0.3 is 5.97 Å². The Morgan fingerprint density at radius 3 is 2.39 bits per heavy atom. The molecule has 170 valence electrons. The first-order chi connectivity index (χ1) is 15.7. The number of aryl methyl sites for hydroxylation is 1. The van der Waals surface area contributed by atoms with Crippen LogP contribution in [0.3, 0.4) is 0 Å². The maximum atomic E-state index is 10.8. The van der Waals surface area contributed by atoms with Gasteiger partial charge in [0.05, 0.1) is 12.1 Å². The summed E-state index contributed by atoms with van der Waals surface area (Å²) in [5.74, 6) is 0.390. The average molecular weight is 482 g/mol. The molecule has 0 saturated heterocycles. The molecule has 0 saturated carbocycles. The Morgan fingerprint density at radius 2 is 1.70 bits per heavy atom. The Bertz CT molecular complexity index is 1170. The Hall–Kier alpha value is -3.42. The third-order valence-electron chi connectivity index (χ3n) is 4.77. The number of hydrogen-bond acceptors (Lipinski definition) is 6. The van der Waals surface area contributed by atoms with Crippen molar-refractivity contribution < 1.29 is 14.6 Å². The number of aromatic nitrogens is 2. The lowest BCUT2D eigenvalue weighted by Gasteiger charge is -2.13. The fourth-order valence-corrected chi connectivity index (χ4v) is 3.91. The lowest BCUT2D eigenvalue weighted by molar-refractivity contribution is -0.136. The molecule has 2 heterocycles. The molecule has 0 atom stereocenters. The zero-order valence-corrected chi connectivity index (χ0v) is 19.4. The standard InChI is InChI=1S/C25H23N3O3S.ClH/c29-23(30)12-11-21-17-32-25(27-21)28-24-22(31-16-19-9-5-2-6-10-19)14-20(15-26-24)13-18-7-3-1-4-8-18;/h1-10,14-15,17H,11-13,16H2,(H,29,30)(H,26,27,28);1H. The van der Waals surface area contributed by atoms with Gasteiger partial charge in [-0.15, -0.1) is 23.7 Å². The fraction of sp³-hybridized carbons (Fsp3) is 0.160. The van der Waals surface area contributed by atoms with E-state index in [0.717, 1.165) is 23.2 Å². The topological polar surface area (TPSA) is 84.3 Å². The summed E-state index contributed by atoms with van der Waals surface area (Å²) in [6.07, 6.45) is 3.05. The summed E-state index contributed by atoms with van der Waals surface area (Å²) in [5.41, 5.74) is 4.06. The molecule has 0 amide bonds. The summed E-state index contributed by atoms with van der Waals surface area (Å²) in [6, 6.07) is 22.2. The smallest absolute Gasteiger partial charge is 0.303 e. The minimum Gasteiger partial charge on any atom is -0.485 e. The van der Waals surface area contributed by atoms with Gasteiger partial charge in [0.1, 0.15) is 6.61 Å². The molecule has 0 aliphatic carbocycles. The molecule has 6 nitrogen and oxygen atoms in total. The van der Waals surface area contributed by atoms with Crippen molar-refractivity contribution in [3.63, 3.8) is 0 Å². The predicted octanol–water partition coefficient (Wildman–Crippen LogP) is 5.89. The zero-order valence-electron chi connectivity index (χ0n) is 17.8. The van der Waals surface area contributed by atoms with Crippen LogP contribution in [0.5, 0.6) is 5.75 Å². The van der Waals surface area contributed by atoms with Gasteiger partial charge in [0.15, 0.2) is 16.7 Å². The van der Waals surface area contributed by atoms with E-state index >= 15 is 0 Å². The van der Waals surface area contributed by atoms with Crippen molar-refractivity contribution >= 4 is 40.7 Å². The number of aliphatic carboxylic acids is 1. The van der Waals surface area contributed by atoms with Gasteiger partial charge in [-0.2, -0.15) is 0 Å². The molecule has 0 unspecified atom stereocenters. The average Bonchev–Trinajstić information content (AvgIpc) is 3.26. The maximum absolute atomic E-state index is 10.8. The van der Waals surface area contributed by atoms with E-state index < -0.39 is 5.97 Å². The summed E-state index contributed by atoms with van der Waals surface area (Å²) in [6.45, 7) is 0.424. The molecule has 0 aliphatic rings. The van der Waals surface area contributed by atoms with E-state index in [9.17, 15) is 4.79 Å². The lowest BCUT2D eigenvalue weighted by Crippen LogP contribution is -2.03. The number of rotatable bonds is 10. The molecule has 4 aromatic rings. The van der Waals surface area contributed by atoms with Crippen LogP contribution >= 0.6 is 23.7 Å². The number of ether oxygens (including phenoxy) is 1. The first kappa shape index (κ1) is 24.2.